The lowest BCUT2D eigenvalue weighted by atomic mass is 10.2. The highest BCUT2D eigenvalue weighted by Crippen LogP contribution is 2.18. The topological polar surface area (TPSA) is 99.2 Å². The van der Waals surface area contributed by atoms with Crippen molar-refractivity contribution in [1.82, 2.24) is 9.55 Å². The van der Waals surface area contributed by atoms with E-state index in [-0.39, 0.29) is 11.5 Å². The zero-order valence-corrected chi connectivity index (χ0v) is 14.2. The predicted octanol–water partition coefficient (Wildman–Crippen LogP) is 2.29. The number of hydrogen-bond donors (Lipinski definition) is 2. The molecule has 0 saturated heterocycles. The number of primary amides is 1. The fourth-order valence-corrected chi connectivity index (χ4v) is 2.58. The van der Waals surface area contributed by atoms with Gasteiger partial charge < -0.3 is 20.4 Å². The largest absolute Gasteiger partial charge is 0.497 e. The van der Waals surface area contributed by atoms with Crippen LogP contribution in [0.2, 0.25) is 0 Å². The van der Waals surface area contributed by atoms with Gasteiger partial charge in [0.15, 0.2) is 11.5 Å². The van der Waals surface area contributed by atoms with Crippen LogP contribution in [0.3, 0.4) is 0 Å². The number of ether oxygens (including phenoxy) is 1. The van der Waals surface area contributed by atoms with E-state index in [1.54, 1.807) is 28.8 Å². The van der Waals surface area contributed by atoms with Crippen molar-refractivity contribution in [2.45, 2.75) is 6.54 Å². The number of hydrogen-bond acceptors (Lipinski definition) is 4. The van der Waals surface area contributed by atoms with E-state index in [1.165, 1.54) is 13.4 Å². The molecule has 0 spiro atoms. The smallest absolute Gasteiger partial charge is 0.269 e. The number of nitrogens with zero attached hydrogens (tertiary/aromatic N) is 2. The maximum absolute atomic E-state index is 12.5. The van der Waals surface area contributed by atoms with Gasteiger partial charge in [-0.3, -0.25) is 9.59 Å². The minimum absolute atomic E-state index is 0.126. The fourth-order valence-electron chi connectivity index (χ4n) is 2.58. The van der Waals surface area contributed by atoms with Crippen molar-refractivity contribution in [1.29, 1.82) is 0 Å². The van der Waals surface area contributed by atoms with E-state index >= 15 is 0 Å². The lowest BCUT2D eigenvalue weighted by Crippen LogP contribution is -2.21. The van der Waals surface area contributed by atoms with E-state index in [1.807, 2.05) is 30.3 Å². The van der Waals surface area contributed by atoms with Crippen molar-refractivity contribution in [3.05, 3.63) is 77.7 Å². The lowest BCUT2D eigenvalue weighted by Gasteiger charge is -2.09. The third kappa shape index (κ3) is 3.72. The molecule has 1 heterocycles. The van der Waals surface area contributed by atoms with E-state index in [0.717, 1.165) is 5.56 Å². The molecule has 3 rings (SSSR count). The number of nitrogens with one attached hydrogen (secondary N) is 1. The molecule has 0 aliphatic heterocycles. The van der Waals surface area contributed by atoms with Crippen LogP contribution >= 0.6 is 0 Å². The van der Waals surface area contributed by atoms with Crippen LogP contribution in [0.5, 0.6) is 5.75 Å². The molecule has 0 bridgehead atoms. The van der Waals surface area contributed by atoms with Gasteiger partial charge in [-0.15, -0.1) is 0 Å². The Bertz CT molecular complexity index is 935. The molecule has 3 N–H and O–H groups in total. The molecule has 132 valence electrons. The first-order valence-corrected chi connectivity index (χ1v) is 7.92. The first kappa shape index (κ1) is 17.2. The SMILES string of the molecule is COc1cccc(C(=O)Nc2ncn(Cc3ccccc3)c2C(N)=O)c1. The molecule has 0 unspecified atom stereocenters. The molecule has 2 aromatic carbocycles. The standard InChI is InChI=1S/C19H18N4O3/c1-26-15-9-5-8-14(10-15)19(25)22-18-16(17(20)24)23(12-21-18)11-13-6-3-2-4-7-13/h2-10,12H,11H2,1H3,(H2,20,24)(H,22,25). The second kappa shape index (κ2) is 7.52. The number of imidazole rings is 1. The Kier molecular flexibility index (Phi) is 4.98. The van der Waals surface area contributed by atoms with E-state index in [9.17, 15) is 9.59 Å². The number of carbonyl (C=O) groups excluding carboxylic acids is 2. The average Bonchev–Trinajstić information content (AvgIpc) is 3.05. The Morgan fingerprint density at radius 1 is 1.15 bits per heavy atom. The van der Waals surface area contributed by atoms with Gasteiger partial charge in [-0.1, -0.05) is 36.4 Å². The van der Waals surface area contributed by atoms with Gasteiger partial charge in [-0.05, 0) is 23.8 Å². The summed E-state index contributed by atoms with van der Waals surface area (Å²) >= 11 is 0. The molecular formula is C19H18N4O3. The summed E-state index contributed by atoms with van der Waals surface area (Å²) in [5, 5.41) is 2.64. The van der Waals surface area contributed by atoms with Crippen molar-refractivity contribution in [2.75, 3.05) is 12.4 Å². The Labute approximate surface area is 150 Å². The van der Waals surface area contributed by atoms with Crippen molar-refractivity contribution >= 4 is 17.6 Å². The van der Waals surface area contributed by atoms with Crippen LogP contribution in [-0.2, 0) is 6.54 Å². The van der Waals surface area contributed by atoms with Crippen LogP contribution in [0.25, 0.3) is 0 Å². The number of benzene rings is 2. The number of methoxy groups -OCH3 is 1. The minimum atomic E-state index is -0.667. The summed E-state index contributed by atoms with van der Waals surface area (Å²) in [4.78, 5) is 28.5. The molecule has 2 amide bonds. The van der Waals surface area contributed by atoms with Crippen molar-refractivity contribution in [2.24, 2.45) is 5.73 Å². The molecule has 3 aromatic rings. The van der Waals surface area contributed by atoms with Crippen LogP contribution in [0, 0.1) is 0 Å². The normalized spacial score (nSPS) is 10.3. The summed E-state index contributed by atoms with van der Waals surface area (Å²) in [6, 6.07) is 16.3. The zero-order chi connectivity index (χ0) is 18.5. The highest BCUT2D eigenvalue weighted by molar-refractivity contribution is 6.07. The van der Waals surface area contributed by atoms with Crippen LogP contribution < -0.4 is 15.8 Å². The number of amides is 2. The number of nitrogens with two attached hydrogens (primary N) is 1. The third-order valence-electron chi connectivity index (χ3n) is 3.83. The van der Waals surface area contributed by atoms with E-state index in [0.29, 0.717) is 17.9 Å². The highest BCUT2D eigenvalue weighted by atomic mass is 16.5. The van der Waals surface area contributed by atoms with Gasteiger partial charge in [0.05, 0.1) is 13.4 Å². The summed E-state index contributed by atoms with van der Waals surface area (Å²) in [5.74, 6) is -0.389. The monoisotopic (exact) mass is 350 g/mol. The molecule has 0 atom stereocenters. The van der Waals surface area contributed by atoms with Crippen LogP contribution in [0.4, 0.5) is 5.82 Å². The molecular weight excluding hydrogens is 332 g/mol. The summed E-state index contributed by atoms with van der Waals surface area (Å²) < 4.78 is 6.72. The van der Waals surface area contributed by atoms with E-state index < -0.39 is 11.8 Å². The maximum atomic E-state index is 12.5. The molecule has 0 aliphatic rings. The molecule has 7 heteroatoms. The molecule has 0 fully saturated rings. The summed E-state index contributed by atoms with van der Waals surface area (Å²) in [6.07, 6.45) is 1.48. The van der Waals surface area contributed by atoms with Crippen molar-refractivity contribution in [3.63, 3.8) is 0 Å². The van der Waals surface area contributed by atoms with Gasteiger partial charge in [0.2, 0.25) is 0 Å². The third-order valence-corrected chi connectivity index (χ3v) is 3.83. The minimum Gasteiger partial charge on any atom is -0.497 e. The van der Waals surface area contributed by atoms with Crippen LogP contribution in [0.15, 0.2) is 60.9 Å². The van der Waals surface area contributed by atoms with Gasteiger partial charge in [0.1, 0.15) is 5.75 Å². The second-order valence-electron chi connectivity index (χ2n) is 5.61. The van der Waals surface area contributed by atoms with Crippen molar-refractivity contribution < 1.29 is 14.3 Å². The number of anilines is 1. The maximum Gasteiger partial charge on any atom is 0.269 e. The fraction of sp³-hybridized carbons (Fsp3) is 0.105. The highest BCUT2D eigenvalue weighted by Gasteiger charge is 2.19. The Morgan fingerprint density at radius 3 is 2.62 bits per heavy atom. The molecule has 0 saturated carbocycles. The molecule has 26 heavy (non-hydrogen) atoms. The molecule has 7 nitrogen and oxygen atoms in total. The van der Waals surface area contributed by atoms with Gasteiger partial charge in [-0.25, -0.2) is 4.98 Å². The predicted molar refractivity (Wildman–Crippen MR) is 97.2 cm³/mol. The van der Waals surface area contributed by atoms with Gasteiger partial charge in [0.25, 0.3) is 11.8 Å². The van der Waals surface area contributed by atoms with Crippen LogP contribution in [0.1, 0.15) is 26.4 Å². The summed E-state index contributed by atoms with van der Waals surface area (Å²) in [5.41, 5.74) is 7.02. The number of aromatic nitrogens is 2. The second-order valence-corrected chi connectivity index (χ2v) is 5.61. The quantitative estimate of drug-likeness (QED) is 0.712. The van der Waals surface area contributed by atoms with Gasteiger partial charge in [0, 0.05) is 12.1 Å². The summed E-state index contributed by atoms with van der Waals surface area (Å²) in [7, 11) is 1.52. The molecule has 0 aliphatic carbocycles. The average molecular weight is 350 g/mol. The first-order valence-electron chi connectivity index (χ1n) is 7.92. The Hall–Kier alpha value is -3.61. The molecule has 0 radical (unpaired) electrons. The van der Waals surface area contributed by atoms with Crippen LogP contribution in [-0.4, -0.2) is 28.5 Å². The van der Waals surface area contributed by atoms with Crippen molar-refractivity contribution in [3.8, 4) is 5.75 Å². The van der Waals surface area contributed by atoms with E-state index in [4.69, 9.17) is 10.5 Å². The number of rotatable bonds is 6. The van der Waals surface area contributed by atoms with Gasteiger partial charge in [-0.2, -0.15) is 0 Å². The van der Waals surface area contributed by atoms with Gasteiger partial charge >= 0.3 is 0 Å². The first-order chi connectivity index (χ1) is 12.6. The lowest BCUT2D eigenvalue weighted by molar-refractivity contribution is 0.0993. The number of carbonyl (C=O) groups is 2. The van der Waals surface area contributed by atoms with E-state index in [2.05, 4.69) is 10.3 Å². The summed E-state index contributed by atoms with van der Waals surface area (Å²) in [6.45, 7) is 0.418. The molecule has 1 aromatic heterocycles. The Balaban J connectivity index is 1.85. The Morgan fingerprint density at radius 2 is 1.92 bits per heavy atom. The zero-order valence-electron chi connectivity index (χ0n) is 14.2.